The van der Waals surface area contributed by atoms with Crippen molar-refractivity contribution in [2.24, 2.45) is 5.73 Å². The van der Waals surface area contributed by atoms with Gasteiger partial charge >= 0.3 is 0 Å². The molecule has 8 heteroatoms. The van der Waals surface area contributed by atoms with Crippen molar-refractivity contribution in [3.05, 3.63) is 86.0 Å². The van der Waals surface area contributed by atoms with E-state index in [9.17, 15) is 0 Å². The van der Waals surface area contributed by atoms with E-state index in [1.54, 1.807) is 0 Å². The summed E-state index contributed by atoms with van der Waals surface area (Å²) in [6.45, 7) is 17.4. The van der Waals surface area contributed by atoms with Crippen LogP contribution in [0.5, 0.6) is 11.5 Å². The zero-order valence-corrected chi connectivity index (χ0v) is 27.1. The third kappa shape index (κ3) is 4.45. The minimum Gasteiger partial charge on any atom is -0.453 e. The summed E-state index contributed by atoms with van der Waals surface area (Å²) in [7, 11) is 0. The number of nitrogens with zero attached hydrogens (tertiary/aromatic N) is 1. The quantitative estimate of drug-likeness (QED) is 0.286. The van der Waals surface area contributed by atoms with Crippen molar-refractivity contribution in [1.29, 1.82) is 0 Å². The lowest BCUT2D eigenvalue weighted by Crippen LogP contribution is -2.64. The molecule has 1 unspecified atom stereocenters. The molecule has 5 heterocycles. The summed E-state index contributed by atoms with van der Waals surface area (Å²) in [6, 6.07) is 11.1. The van der Waals surface area contributed by atoms with Gasteiger partial charge in [0.05, 0.1) is 17.6 Å². The van der Waals surface area contributed by atoms with Crippen molar-refractivity contribution < 1.29 is 9.47 Å². The molecular formula is C36H48N6O2. The molecule has 0 aliphatic carbocycles. The van der Waals surface area contributed by atoms with Gasteiger partial charge in [-0.2, -0.15) is 0 Å². The Labute approximate surface area is 261 Å². The lowest BCUT2D eigenvalue weighted by molar-refractivity contribution is 0.0577. The van der Waals surface area contributed by atoms with Crippen molar-refractivity contribution in [1.82, 2.24) is 20.9 Å². The smallest absolute Gasteiger partial charge is 0.231 e. The van der Waals surface area contributed by atoms with Crippen molar-refractivity contribution in [3.63, 3.8) is 0 Å². The molecule has 7 N–H and O–H groups in total. The van der Waals surface area contributed by atoms with Crippen LogP contribution in [0.25, 0.3) is 0 Å². The van der Waals surface area contributed by atoms with Crippen LogP contribution in [0.2, 0.25) is 0 Å². The molecule has 1 fully saturated rings. The second-order valence-electron chi connectivity index (χ2n) is 13.5. The van der Waals surface area contributed by atoms with Crippen molar-refractivity contribution in [2.45, 2.75) is 77.7 Å². The van der Waals surface area contributed by atoms with Crippen LogP contribution >= 0.6 is 0 Å². The lowest BCUT2D eigenvalue weighted by Gasteiger charge is -2.52. The van der Waals surface area contributed by atoms with Crippen molar-refractivity contribution in [3.8, 4) is 11.5 Å². The van der Waals surface area contributed by atoms with Gasteiger partial charge in [0.15, 0.2) is 11.5 Å². The third-order valence-corrected chi connectivity index (χ3v) is 11.1. The Bertz CT molecular complexity index is 1620. The lowest BCUT2D eigenvalue weighted by atomic mass is 9.75. The number of nitrogen functional groups attached to an aromatic ring is 1. The monoisotopic (exact) mass is 596 g/mol. The molecule has 8 rings (SSSR count). The van der Waals surface area contributed by atoms with Gasteiger partial charge in [0.1, 0.15) is 0 Å². The number of likely N-dealkylation sites (N-methyl/N-ethyl adjacent to an activating group) is 1. The summed E-state index contributed by atoms with van der Waals surface area (Å²) in [5, 5.41) is 12.0. The minimum atomic E-state index is -0.305. The highest BCUT2D eigenvalue weighted by atomic mass is 16.7. The fraction of sp³-hybridized carbons (Fsp3) is 0.500. The number of ether oxygens (including phenoxy) is 2. The Balaban J connectivity index is 1.40. The fourth-order valence-corrected chi connectivity index (χ4v) is 8.50. The first-order chi connectivity index (χ1) is 21.1. The zero-order valence-electron chi connectivity index (χ0n) is 27.1. The van der Waals surface area contributed by atoms with Gasteiger partial charge in [-0.3, -0.25) is 4.90 Å². The summed E-state index contributed by atoms with van der Waals surface area (Å²) in [4.78, 5) is 2.60. The average molecular weight is 597 g/mol. The van der Waals surface area contributed by atoms with Gasteiger partial charge in [-0.25, -0.2) is 0 Å². The Morgan fingerprint density at radius 1 is 0.977 bits per heavy atom. The summed E-state index contributed by atoms with van der Waals surface area (Å²) in [5.74, 6) is 1.77. The predicted molar refractivity (Wildman–Crippen MR) is 176 cm³/mol. The molecule has 2 bridgehead atoms. The van der Waals surface area contributed by atoms with Crippen LogP contribution in [0.15, 0.2) is 30.3 Å². The fourth-order valence-electron chi connectivity index (χ4n) is 8.50. The van der Waals surface area contributed by atoms with E-state index < -0.39 is 0 Å². The minimum absolute atomic E-state index is 0.0150. The standard InChI is InChI=1S/C36H48N6O2/c1-7-42-29-15-39-16-36(27-14-28(37)20(3)12-24(27)10-11-41-36)17-40-32(26-13-21(4)34-35(30(26)29)44-18-43-34)33(42)31(38)25-9-8-19(2)22(5)23(25)6/h8-9,12-14,29,31-33,39-41H,7,10-11,15-18,37-38H2,1-6H3/t29-,31-,32+,33+,36?/m0/s1. The number of aryl methyl sites for hydroxylation is 3. The van der Waals surface area contributed by atoms with Gasteiger partial charge in [-0.1, -0.05) is 31.2 Å². The first-order valence-corrected chi connectivity index (χ1v) is 16.2. The normalized spacial score (nSPS) is 26.8. The molecule has 3 aromatic carbocycles. The van der Waals surface area contributed by atoms with Crippen LogP contribution in [0, 0.1) is 34.6 Å². The highest BCUT2D eigenvalue weighted by Crippen LogP contribution is 2.52. The molecule has 5 aliphatic heterocycles. The molecule has 3 aromatic rings. The molecule has 44 heavy (non-hydrogen) atoms. The first kappa shape index (κ1) is 29.6. The van der Waals surface area contributed by atoms with Gasteiger partial charge in [-0.15, -0.1) is 0 Å². The summed E-state index contributed by atoms with van der Waals surface area (Å²) in [5.41, 5.74) is 27.1. The van der Waals surface area contributed by atoms with E-state index >= 15 is 0 Å². The maximum atomic E-state index is 7.45. The molecular weight excluding hydrogens is 548 g/mol. The number of nitrogens with two attached hydrogens (primary N) is 2. The highest BCUT2D eigenvalue weighted by Gasteiger charge is 2.49. The highest BCUT2D eigenvalue weighted by molar-refractivity contribution is 5.60. The topological polar surface area (TPSA) is 110 Å². The van der Waals surface area contributed by atoms with Crippen LogP contribution in [0.4, 0.5) is 5.69 Å². The molecule has 1 spiro atoms. The second-order valence-corrected chi connectivity index (χ2v) is 13.5. The zero-order chi connectivity index (χ0) is 30.9. The Morgan fingerprint density at radius 3 is 2.57 bits per heavy atom. The van der Waals surface area contributed by atoms with E-state index in [1.807, 2.05) is 0 Å². The number of nitrogens with one attached hydrogen (secondary N) is 3. The molecule has 1 saturated heterocycles. The van der Waals surface area contributed by atoms with E-state index in [0.29, 0.717) is 0 Å². The van der Waals surface area contributed by atoms with Gasteiger partial charge < -0.3 is 36.9 Å². The van der Waals surface area contributed by atoms with E-state index in [1.165, 1.54) is 44.5 Å². The predicted octanol–water partition coefficient (Wildman–Crippen LogP) is 4.26. The van der Waals surface area contributed by atoms with E-state index in [2.05, 4.69) is 92.7 Å². The Kier molecular flexibility index (Phi) is 7.41. The van der Waals surface area contributed by atoms with Crippen LogP contribution in [-0.4, -0.2) is 50.5 Å². The van der Waals surface area contributed by atoms with Gasteiger partial charge in [0.25, 0.3) is 0 Å². The number of rotatable bonds is 3. The third-order valence-electron chi connectivity index (χ3n) is 11.1. The molecule has 8 nitrogen and oxygen atoms in total. The van der Waals surface area contributed by atoms with Gasteiger partial charge in [0, 0.05) is 49.5 Å². The maximum Gasteiger partial charge on any atom is 0.231 e. The van der Waals surface area contributed by atoms with E-state index in [0.717, 1.165) is 67.5 Å². The number of fused-ring (bicyclic) bond motifs is 6. The largest absolute Gasteiger partial charge is 0.453 e. The first-order valence-electron chi connectivity index (χ1n) is 16.2. The molecule has 5 atom stereocenters. The summed E-state index contributed by atoms with van der Waals surface area (Å²) in [6.07, 6.45) is 0.999. The van der Waals surface area contributed by atoms with Crippen LogP contribution in [0.1, 0.15) is 80.7 Å². The molecule has 0 amide bonds. The SMILES string of the molecule is CCN1[C@H]([C@@H](N)c2ccc(C)c(C)c2C)[C@@H]2NCC3(CNC[C@H]1c1c2cc(C)c2c1OCO2)NCCc1cc(C)c(N)cc13. The van der Waals surface area contributed by atoms with Crippen LogP contribution < -0.4 is 36.9 Å². The number of anilines is 1. The Hall–Kier alpha value is -3.14. The van der Waals surface area contributed by atoms with Crippen LogP contribution in [0.3, 0.4) is 0 Å². The van der Waals surface area contributed by atoms with Crippen LogP contribution in [-0.2, 0) is 12.0 Å². The van der Waals surface area contributed by atoms with Gasteiger partial charge in [0.2, 0.25) is 6.79 Å². The molecule has 0 aromatic heterocycles. The van der Waals surface area contributed by atoms with E-state index in [-0.39, 0.29) is 36.5 Å². The maximum absolute atomic E-state index is 7.45. The molecule has 0 radical (unpaired) electrons. The summed E-state index contributed by atoms with van der Waals surface area (Å²) >= 11 is 0. The number of benzene rings is 3. The summed E-state index contributed by atoms with van der Waals surface area (Å²) < 4.78 is 12.2. The molecule has 0 saturated carbocycles. The molecule has 5 aliphatic rings. The van der Waals surface area contributed by atoms with Crippen molar-refractivity contribution in [2.75, 3.05) is 45.3 Å². The molecule has 234 valence electrons. The Morgan fingerprint density at radius 2 is 1.77 bits per heavy atom. The second kappa shape index (κ2) is 11.0. The van der Waals surface area contributed by atoms with Gasteiger partial charge in [-0.05, 0) is 104 Å². The average Bonchev–Trinajstić information content (AvgIpc) is 3.51. The number of hydrogen-bond acceptors (Lipinski definition) is 8. The number of hydrogen-bond donors (Lipinski definition) is 5. The van der Waals surface area contributed by atoms with E-state index in [4.69, 9.17) is 20.9 Å². The van der Waals surface area contributed by atoms with Crippen molar-refractivity contribution >= 4 is 5.69 Å².